The lowest BCUT2D eigenvalue weighted by Gasteiger charge is -2.57. The van der Waals surface area contributed by atoms with Crippen molar-refractivity contribution in [2.24, 2.45) is 29.1 Å². The Morgan fingerprint density at radius 1 is 0.923 bits per heavy atom. The number of methoxy groups -OCH3 is 1. The monoisotopic (exact) mass is 360 g/mol. The van der Waals surface area contributed by atoms with Crippen molar-refractivity contribution < 1.29 is 14.3 Å². The highest BCUT2D eigenvalue weighted by Gasteiger charge is 2.75. The number of carbonyl (C=O) groups is 1. The van der Waals surface area contributed by atoms with Gasteiger partial charge in [-0.05, 0) is 56.8 Å². The maximum Gasteiger partial charge on any atom is 0.315 e. The number of allylic oxidation sites excluding steroid dienone is 1. The number of hydrogen-bond donors (Lipinski definition) is 0. The largest absolute Gasteiger partial charge is 0.468 e. The van der Waals surface area contributed by atoms with Crippen LogP contribution in [0.15, 0.2) is 12.2 Å². The molecule has 0 amide bonds. The van der Waals surface area contributed by atoms with Crippen LogP contribution in [0.4, 0.5) is 0 Å². The molecule has 0 N–H and O–H groups in total. The lowest BCUT2D eigenvalue weighted by molar-refractivity contribution is -0.222. The van der Waals surface area contributed by atoms with Crippen molar-refractivity contribution in [1.29, 1.82) is 0 Å². The minimum absolute atomic E-state index is 0.0280. The molecule has 0 aromatic heterocycles. The maximum atomic E-state index is 13.6. The van der Waals surface area contributed by atoms with E-state index >= 15 is 0 Å². The molecule has 3 fully saturated rings. The zero-order valence-corrected chi connectivity index (χ0v) is 16.7. The number of rotatable bonds is 5. The molecule has 0 heterocycles. The summed E-state index contributed by atoms with van der Waals surface area (Å²) in [5.74, 6) is 1.63. The van der Waals surface area contributed by atoms with Crippen molar-refractivity contribution >= 4 is 5.97 Å². The second-order valence-electron chi connectivity index (χ2n) is 9.09. The van der Waals surface area contributed by atoms with E-state index in [0.717, 1.165) is 19.3 Å². The standard InChI is InChI=1S/C23H36O3/c1-3-26-23(18-12-8-5-9-13-18)20-15-14-19(16-20)22(23,21(24)25-2)17-10-6-4-7-11-17/h14-15,17-20H,3-13,16H2,1-2H3. The van der Waals surface area contributed by atoms with Gasteiger partial charge < -0.3 is 9.47 Å². The third kappa shape index (κ3) is 2.38. The molecular formula is C23H36O3. The predicted molar refractivity (Wildman–Crippen MR) is 103 cm³/mol. The van der Waals surface area contributed by atoms with E-state index in [4.69, 9.17) is 9.47 Å². The predicted octanol–water partition coefficient (Wildman–Crippen LogP) is 5.29. The zero-order valence-electron chi connectivity index (χ0n) is 16.7. The van der Waals surface area contributed by atoms with Gasteiger partial charge in [0.05, 0.1) is 12.7 Å². The van der Waals surface area contributed by atoms with Gasteiger partial charge in [0, 0.05) is 12.5 Å². The molecule has 0 aliphatic heterocycles. The van der Waals surface area contributed by atoms with Gasteiger partial charge in [0.15, 0.2) is 0 Å². The molecule has 3 saturated carbocycles. The molecule has 4 unspecified atom stereocenters. The first kappa shape index (κ1) is 18.5. The first-order valence-corrected chi connectivity index (χ1v) is 11.1. The summed E-state index contributed by atoms with van der Waals surface area (Å²) in [4.78, 5) is 13.6. The van der Waals surface area contributed by atoms with Gasteiger partial charge >= 0.3 is 5.97 Å². The quantitative estimate of drug-likeness (QED) is 0.494. The van der Waals surface area contributed by atoms with Gasteiger partial charge in [-0.2, -0.15) is 0 Å². The van der Waals surface area contributed by atoms with Crippen molar-refractivity contribution in [2.45, 2.75) is 83.2 Å². The Balaban J connectivity index is 1.87. The highest BCUT2D eigenvalue weighted by atomic mass is 16.5. The molecule has 0 saturated heterocycles. The summed E-state index contributed by atoms with van der Waals surface area (Å²) >= 11 is 0. The van der Waals surface area contributed by atoms with Gasteiger partial charge in [-0.1, -0.05) is 50.7 Å². The third-order valence-electron chi connectivity index (χ3n) is 8.23. The van der Waals surface area contributed by atoms with Crippen LogP contribution in [-0.4, -0.2) is 25.3 Å². The summed E-state index contributed by atoms with van der Waals surface area (Å²) in [6, 6.07) is 0. The van der Waals surface area contributed by atoms with Crippen LogP contribution in [0, 0.1) is 29.1 Å². The van der Waals surface area contributed by atoms with E-state index in [2.05, 4.69) is 19.1 Å². The van der Waals surface area contributed by atoms with E-state index < -0.39 is 5.41 Å². The highest BCUT2D eigenvalue weighted by molar-refractivity contribution is 5.81. The average Bonchev–Trinajstić information content (AvgIpc) is 3.29. The number of esters is 1. The van der Waals surface area contributed by atoms with Gasteiger partial charge in [0.25, 0.3) is 0 Å². The number of fused-ring (bicyclic) bond motifs is 2. The Kier molecular flexibility index (Phi) is 5.20. The van der Waals surface area contributed by atoms with Gasteiger partial charge in [0.2, 0.25) is 0 Å². The Morgan fingerprint density at radius 2 is 1.50 bits per heavy atom. The van der Waals surface area contributed by atoms with Crippen molar-refractivity contribution in [3.05, 3.63) is 12.2 Å². The van der Waals surface area contributed by atoms with Crippen LogP contribution >= 0.6 is 0 Å². The van der Waals surface area contributed by atoms with Gasteiger partial charge in [-0.15, -0.1) is 0 Å². The second-order valence-corrected chi connectivity index (χ2v) is 9.09. The van der Waals surface area contributed by atoms with Crippen molar-refractivity contribution in [3.8, 4) is 0 Å². The lowest BCUT2D eigenvalue weighted by Crippen LogP contribution is -2.65. The molecule has 4 atom stereocenters. The smallest absolute Gasteiger partial charge is 0.315 e. The number of ether oxygens (including phenoxy) is 2. The van der Waals surface area contributed by atoms with Crippen molar-refractivity contribution in [3.63, 3.8) is 0 Å². The number of hydrogen-bond acceptors (Lipinski definition) is 3. The summed E-state index contributed by atoms with van der Waals surface area (Å²) in [5.41, 5.74) is -0.795. The van der Waals surface area contributed by atoms with Crippen molar-refractivity contribution in [1.82, 2.24) is 0 Å². The highest BCUT2D eigenvalue weighted by Crippen LogP contribution is 2.69. The molecule has 4 rings (SSSR count). The summed E-state index contributed by atoms with van der Waals surface area (Å²) in [6.07, 6.45) is 18.3. The first-order chi connectivity index (χ1) is 12.7. The molecule has 0 radical (unpaired) electrons. The Hall–Kier alpha value is -0.830. The van der Waals surface area contributed by atoms with E-state index in [1.54, 1.807) is 7.11 Å². The van der Waals surface area contributed by atoms with Crippen LogP contribution in [0.3, 0.4) is 0 Å². The molecule has 26 heavy (non-hydrogen) atoms. The minimum atomic E-state index is -0.459. The Labute approximate surface area is 158 Å². The molecule has 0 aromatic carbocycles. The van der Waals surface area contributed by atoms with E-state index in [0.29, 0.717) is 30.3 Å². The number of carbonyl (C=O) groups excluding carboxylic acids is 1. The van der Waals surface area contributed by atoms with Crippen LogP contribution in [0.2, 0.25) is 0 Å². The summed E-state index contributed by atoms with van der Waals surface area (Å²) < 4.78 is 12.4. The van der Waals surface area contributed by atoms with Crippen molar-refractivity contribution in [2.75, 3.05) is 13.7 Å². The van der Waals surface area contributed by atoms with Gasteiger partial charge in [-0.3, -0.25) is 4.79 Å². The van der Waals surface area contributed by atoms with Crippen LogP contribution in [0.5, 0.6) is 0 Å². The fourth-order valence-corrected chi connectivity index (χ4v) is 7.53. The second kappa shape index (κ2) is 7.30. The van der Waals surface area contributed by atoms with E-state index in [-0.39, 0.29) is 11.6 Å². The molecule has 146 valence electrons. The van der Waals surface area contributed by atoms with Crippen LogP contribution in [0.25, 0.3) is 0 Å². The third-order valence-corrected chi connectivity index (χ3v) is 8.23. The summed E-state index contributed by atoms with van der Waals surface area (Å²) in [7, 11) is 1.60. The topological polar surface area (TPSA) is 35.5 Å². The first-order valence-electron chi connectivity index (χ1n) is 11.1. The van der Waals surface area contributed by atoms with E-state index in [9.17, 15) is 4.79 Å². The van der Waals surface area contributed by atoms with Crippen LogP contribution < -0.4 is 0 Å². The SMILES string of the molecule is CCOC1(C2CCCCC2)C2C=CC(C2)C1(C(=O)OC)C1CCCCC1. The molecule has 3 nitrogen and oxygen atoms in total. The zero-order chi connectivity index (χ0) is 18.2. The fraction of sp³-hybridized carbons (Fsp3) is 0.870. The Morgan fingerprint density at radius 3 is 2.08 bits per heavy atom. The average molecular weight is 361 g/mol. The summed E-state index contributed by atoms with van der Waals surface area (Å²) in [6.45, 7) is 2.81. The molecular weight excluding hydrogens is 324 g/mol. The molecule has 3 heteroatoms. The molecule has 2 bridgehead atoms. The van der Waals surface area contributed by atoms with Gasteiger partial charge in [0.1, 0.15) is 5.41 Å². The van der Waals surface area contributed by atoms with E-state index in [1.807, 2.05) is 0 Å². The minimum Gasteiger partial charge on any atom is -0.468 e. The van der Waals surface area contributed by atoms with E-state index in [1.165, 1.54) is 51.4 Å². The molecule has 0 spiro atoms. The van der Waals surface area contributed by atoms with Gasteiger partial charge in [-0.25, -0.2) is 0 Å². The normalized spacial score (nSPS) is 40.8. The maximum absolute atomic E-state index is 13.6. The fourth-order valence-electron chi connectivity index (χ4n) is 7.53. The van der Waals surface area contributed by atoms with Crippen LogP contribution in [0.1, 0.15) is 77.6 Å². The Bertz CT molecular complexity index is 544. The molecule has 4 aliphatic carbocycles. The molecule has 4 aliphatic rings. The lowest BCUT2D eigenvalue weighted by atomic mass is 9.50. The van der Waals surface area contributed by atoms with Crippen LogP contribution in [-0.2, 0) is 14.3 Å². The summed E-state index contributed by atoms with van der Waals surface area (Å²) in [5, 5.41) is 0. The molecule has 0 aromatic rings.